The smallest absolute Gasteiger partial charge is 0.358 e. The van der Waals surface area contributed by atoms with Crippen molar-refractivity contribution in [1.29, 1.82) is 0 Å². The van der Waals surface area contributed by atoms with Crippen molar-refractivity contribution < 1.29 is 14.4 Å². The van der Waals surface area contributed by atoms with Crippen LogP contribution in [0.4, 0.5) is 0 Å². The molecule has 0 radical (unpaired) electrons. The molecule has 0 amide bonds. The van der Waals surface area contributed by atoms with E-state index in [1.54, 1.807) is 0 Å². The molecule has 2 N–H and O–H groups in total. The van der Waals surface area contributed by atoms with Gasteiger partial charge in [-0.15, -0.1) is 0 Å². The van der Waals surface area contributed by atoms with Crippen molar-refractivity contribution in [2.24, 2.45) is 0 Å². The number of carboxylic acid groups (broad SMARTS) is 1. The number of hydrogen-bond donors (Lipinski definition) is 2. The normalized spacial score (nSPS) is 10.4. The van der Waals surface area contributed by atoms with Crippen LogP contribution >= 0.6 is 0 Å². The van der Waals surface area contributed by atoms with Crippen LogP contribution in [-0.2, 0) is 13.0 Å². The fraction of sp³-hybridized carbons (Fsp3) is 0.231. The van der Waals surface area contributed by atoms with E-state index >= 15 is 0 Å². The molecule has 1 aromatic carbocycles. The molecule has 0 spiro atoms. The fourth-order valence-electron chi connectivity index (χ4n) is 1.59. The van der Waals surface area contributed by atoms with Crippen molar-refractivity contribution in [2.75, 3.05) is 6.54 Å². The SMILES string of the molecule is O=C(O)c1cc(CNCCc2ccccc2)on1. The lowest BCUT2D eigenvalue weighted by Crippen LogP contribution is -2.16. The third-order valence-electron chi connectivity index (χ3n) is 2.51. The van der Waals surface area contributed by atoms with Crippen molar-refractivity contribution in [3.63, 3.8) is 0 Å². The van der Waals surface area contributed by atoms with Gasteiger partial charge in [-0.05, 0) is 18.5 Å². The summed E-state index contributed by atoms with van der Waals surface area (Å²) in [6.45, 7) is 1.28. The molecular formula is C13H14N2O3. The summed E-state index contributed by atoms with van der Waals surface area (Å²) in [6.07, 6.45) is 0.917. The summed E-state index contributed by atoms with van der Waals surface area (Å²) in [4.78, 5) is 10.6. The number of rotatable bonds is 6. The van der Waals surface area contributed by atoms with Crippen LogP contribution in [0.5, 0.6) is 0 Å². The van der Waals surface area contributed by atoms with Gasteiger partial charge in [-0.25, -0.2) is 4.79 Å². The molecule has 0 fully saturated rings. The van der Waals surface area contributed by atoms with E-state index in [4.69, 9.17) is 9.63 Å². The fourth-order valence-corrected chi connectivity index (χ4v) is 1.59. The number of carboxylic acids is 1. The first-order valence-electron chi connectivity index (χ1n) is 5.69. The first kappa shape index (κ1) is 12.3. The van der Waals surface area contributed by atoms with Crippen LogP contribution in [0.15, 0.2) is 40.9 Å². The van der Waals surface area contributed by atoms with E-state index in [-0.39, 0.29) is 5.69 Å². The topological polar surface area (TPSA) is 75.4 Å². The maximum Gasteiger partial charge on any atom is 0.358 e. The lowest BCUT2D eigenvalue weighted by atomic mass is 10.1. The van der Waals surface area contributed by atoms with Crippen LogP contribution in [0.2, 0.25) is 0 Å². The second-order valence-electron chi connectivity index (χ2n) is 3.90. The zero-order chi connectivity index (χ0) is 12.8. The molecule has 0 bridgehead atoms. The van der Waals surface area contributed by atoms with Gasteiger partial charge in [0.05, 0.1) is 6.54 Å². The largest absolute Gasteiger partial charge is 0.476 e. The highest BCUT2D eigenvalue weighted by molar-refractivity contribution is 5.85. The Balaban J connectivity index is 1.73. The summed E-state index contributed by atoms with van der Waals surface area (Å²) in [5.41, 5.74) is 1.20. The third kappa shape index (κ3) is 3.43. The second-order valence-corrected chi connectivity index (χ2v) is 3.90. The summed E-state index contributed by atoms with van der Waals surface area (Å²) >= 11 is 0. The molecule has 0 aliphatic rings. The molecule has 1 heterocycles. The number of aromatic nitrogens is 1. The van der Waals surface area contributed by atoms with Crippen molar-refractivity contribution in [1.82, 2.24) is 10.5 Å². The van der Waals surface area contributed by atoms with Crippen LogP contribution in [-0.4, -0.2) is 22.8 Å². The van der Waals surface area contributed by atoms with Crippen molar-refractivity contribution in [3.8, 4) is 0 Å². The minimum absolute atomic E-state index is 0.0603. The van der Waals surface area contributed by atoms with E-state index in [0.717, 1.165) is 13.0 Å². The first-order chi connectivity index (χ1) is 8.75. The summed E-state index contributed by atoms with van der Waals surface area (Å²) in [6, 6.07) is 11.6. The number of benzene rings is 1. The molecular weight excluding hydrogens is 232 g/mol. The molecule has 0 atom stereocenters. The highest BCUT2D eigenvalue weighted by Crippen LogP contribution is 2.03. The van der Waals surface area contributed by atoms with Crippen LogP contribution < -0.4 is 5.32 Å². The van der Waals surface area contributed by atoms with Gasteiger partial charge >= 0.3 is 5.97 Å². The predicted molar refractivity (Wildman–Crippen MR) is 65.3 cm³/mol. The van der Waals surface area contributed by atoms with Gasteiger partial charge in [0.15, 0.2) is 11.5 Å². The minimum atomic E-state index is -1.07. The van der Waals surface area contributed by atoms with Crippen molar-refractivity contribution >= 4 is 5.97 Å². The van der Waals surface area contributed by atoms with Gasteiger partial charge in [0.1, 0.15) is 0 Å². The molecule has 0 saturated carbocycles. The molecule has 2 rings (SSSR count). The average Bonchev–Trinajstić information content (AvgIpc) is 2.85. The number of aromatic carboxylic acids is 1. The van der Waals surface area contributed by atoms with Crippen LogP contribution in [0, 0.1) is 0 Å². The Morgan fingerprint density at radius 2 is 2.11 bits per heavy atom. The molecule has 0 aliphatic heterocycles. The molecule has 0 aliphatic carbocycles. The van der Waals surface area contributed by atoms with E-state index in [1.165, 1.54) is 11.6 Å². The molecule has 1 aromatic heterocycles. The lowest BCUT2D eigenvalue weighted by Gasteiger charge is -2.02. The van der Waals surface area contributed by atoms with Crippen molar-refractivity contribution in [2.45, 2.75) is 13.0 Å². The third-order valence-corrected chi connectivity index (χ3v) is 2.51. The van der Waals surface area contributed by atoms with Gasteiger partial charge in [0.2, 0.25) is 0 Å². The molecule has 18 heavy (non-hydrogen) atoms. The maximum absolute atomic E-state index is 10.6. The second kappa shape index (κ2) is 5.97. The number of carbonyl (C=O) groups is 1. The van der Waals surface area contributed by atoms with Crippen LogP contribution in [0.3, 0.4) is 0 Å². The first-order valence-corrected chi connectivity index (χ1v) is 5.69. The number of nitrogens with one attached hydrogen (secondary N) is 1. The Kier molecular flexibility index (Phi) is 4.09. The van der Waals surface area contributed by atoms with Gasteiger partial charge in [-0.2, -0.15) is 0 Å². The Morgan fingerprint density at radius 1 is 1.33 bits per heavy atom. The summed E-state index contributed by atoms with van der Waals surface area (Å²) in [5.74, 6) is -0.547. The van der Waals surface area contributed by atoms with Crippen LogP contribution in [0.25, 0.3) is 0 Å². The van der Waals surface area contributed by atoms with Gasteiger partial charge in [-0.3, -0.25) is 0 Å². The highest BCUT2D eigenvalue weighted by atomic mass is 16.5. The van der Waals surface area contributed by atoms with Gasteiger partial charge in [0, 0.05) is 6.07 Å². The van der Waals surface area contributed by atoms with Gasteiger partial charge < -0.3 is 14.9 Å². The predicted octanol–water partition coefficient (Wildman–Crippen LogP) is 1.71. The monoisotopic (exact) mass is 246 g/mol. The molecule has 5 nitrogen and oxygen atoms in total. The van der Waals surface area contributed by atoms with Crippen molar-refractivity contribution in [3.05, 3.63) is 53.4 Å². The standard InChI is InChI=1S/C13H14N2O3/c16-13(17)12-8-11(18-15-12)9-14-7-6-10-4-2-1-3-5-10/h1-5,8,14H,6-7,9H2,(H,16,17). The zero-order valence-electron chi connectivity index (χ0n) is 9.80. The Hall–Kier alpha value is -2.14. The molecule has 5 heteroatoms. The number of hydrogen-bond acceptors (Lipinski definition) is 4. The minimum Gasteiger partial charge on any atom is -0.476 e. The van der Waals surface area contributed by atoms with Gasteiger partial charge in [0.25, 0.3) is 0 Å². The summed E-state index contributed by atoms with van der Waals surface area (Å²) < 4.78 is 4.88. The van der Waals surface area contributed by atoms with Crippen LogP contribution in [0.1, 0.15) is 21.8 Å². The quantitative estimate of drug-likeness (QED) is 0.759. The van der Waals surface area contributed by atoms with E-state index in [2.05, 4.69) is 22.6 Å². The molecule has 94 valence electrons. The maximum atomic E-state index is 10.6. The highest BCUT2D eigenvalue weighted by Gasteiger charge is 2.09. The molecule has 0 unspecified atom stereocenters. The summed E-state index contributed by atoms with van der Waals surface area (Å²) in [7, 11) is 0. The summed E-state index contributed by atoms with van der Waals surface area (Å²) in [5, 5.41) is 15.3. The van der Waals surface area contributed by atoms with E-state index in [0.29, 0.717) is 12.3 Å². The van der Waals surface area contributed by atoms with Gasteiger partial charge in [-0.1, -0.05) is 35.5 Å². The Labute approximate surface area is 104 Å². The van der Waals surface area contributed by atoms with E-state index < -0.39 is 5.97 Å². The van der Waals surface area contributed by atoms with E-state index in [1.807, 2.05) is 18.2 Å². The van der Waals surface area contributed by atoms with E-state index in [9.17, 15) is 4.79 Å². The molecule has 0 saturated heterocycles. The number of nitrogens with zero attached hydrogens (tertiary/aromatic N) is 1. The average molecular weight is 246 g/mol. The zero-order valence-corrected chi connectivity index (χ0v) is 9.80. The Morgan fingerprint density at radius 3 is 2.78 bits per heavy atom. The lowest BCUT2D eigenvalue weighted by molar-refractivity contribution is 0.0685. The molecule has 2 aromatic rings. The Bertz CT molecular complexity index is 508.